The molecular weight excluding hydrogens is 469 g/mol. The van der Waals surface area contributed by atoms with Crippen LogP contribution >= 0.6 is 11.8 Å². The number of morpholine rings is 1. The molecule has 6 nitrogen and oxygen atoms in total. The van der Waals surface area contributed by atoms with Crippen LogP contribution in [0.4, 0.5) is 13.2 Å². The minimum atomic E-state index is -1.23. The Morgan fingerprint density at radius 1 is 1.35 bits per heavy atom. The van der Waals surface area contributed by atoms with Crippen LogP contribution < -0.4 is 10.6 Å². The zero-order chi connectivity index (χ0) is 25.5. The van der Waals surface area contributed by atoms with Crippen LogP contribution in [0.2, 0.25) is 0 Å². The topological polar surface area (TPSA) is 79.8 Å². The fourth-order valence-electron chi connectivity index (χ4n) is 3.72. The quantitative estimate of drug-likeness (QED) is 0.377. The van der Waals surface area contributed by atoms with Gasteiger partial charge in [0.15, 0.2) is 6.29 Å². The molecule has 0 bridgehead atoms. The van der Waals surface area contributed by atoms with Crippen molar-refractivity contribution in [1.29, 1.82) is 0 Å². The van der Waals surface area contributed by atoms with Crippen molar-refractivity contribution in [3.8, 4) is 0 Å². The molecule has 1 saturated heterocycles. The Kier molecular flexibility index (Phi) is 11.1. The molecule has 10 heteroatoms. The largest absolute Gasteiger partial charge is 0.389 e. The maximum Gasteiger partial charge on any atom is 0.217 e. The van der Waals surface area contributed by atoms with Crippen LogP contribution in [-0.4, -0.2) is 73.3 Å². The minimum absolute atomic E-state index is 0.0613. The molecule has 1 aliphatic rings. The highest BCUT2D eigenvalue weighted by Gasteiger charge is 2.37. The van der Waals surface area contributed by atoms with Crippen molar-refractivity contribution in [3.63, 3.8) is 0 Å². The zero-order valence-corrected chi connectivity index (χ0v) is 21.3. The van der Waals surface area contributed by atoms with Crippen molar-refractivity contribution in [1.82, 2.24) is 10.6 Å². The number of benzene rings is 1. The van der Waals surface area contributed by atoms with Gasteiger partial charge in [-0.25, -0.2) is 4.39 Å². The predicted octanol–water partition coefficient (Wildman–Crippen LogP) is 3.40. The zero-order valence-electron chi connectivity index (χ0n) is 20.4. The molecule has 1 heterocycles. The Morgan fingerprint density at radius 3 is 2.59 bits per heavy atom. The Balaban J connectivity index is 2.06. The Labute approximate surface area is 204 Å². The van der Waals surface area contributed by atoms with Gasteiger partial charge in [-0.15, -0.1) is 11.8 Å². The number of carbonyl (C=O) groups is 1. The van der Waals surface area contributed by atoms with Gasteiger partial charge in [0.25, 0.3) is 0 Å². The van der Waals surface area contributed by atoms with Crippen molar-refractivity contribution in [3.05, 3.63) is 29.6 Å². The standard InChI is InChI=1S/C24H37F3N2O4S/c1-14(2)34-19-7-17(6-18(27)9-19)8-20(29-16(4)30)22(31)21-10-32-23(15(3)28-21)33-13-24(5,11-25)12-26/h6-7,9,14-15,20-23,28,31H,8,10-13H2,1-5H3,(H,29,30). The summed E-state index contributed by atoms with van der Waals surface area (Å²) in [4.78, 5) is 12.6. The summed E-state index contributed by atoms with van der Waals surface area (Å²) in [5.74, 6) is -0.696. The van der Waals surface area contributed by atoms with Crippen LogP contribution in [0.5, 0.6) is 0 Å². The Bertz CT molecular complexity index is 797. The van der Waals surface area contributed by atoms with Gasteiger partial charge < -0.3 is 25.2 Å². The molecule has 5 atom stereocenters. The number of hydrogen-bond acceptors (Lipinski definition) is 6. The monoisotopic (exact) mass is 506 g/mol. The molecule has 1 amide bonds. The summed E-state index contributed by atoms with van der Waals surface area (Å²) in [6.45, 7) is 6.83. The highest BCUT2D eigenvalue weighted by Crippen LogP contribution is 2.26. The first-order valence-electron chi connectivity index (χ1n) is 11.5. The smallest absolute Gasteiger partial charge is 0.217 e. The van der Waals surface area contributed by atoms with Crippen LogP contribution in [-0.2, 0) is 20.7 Å². The van der Waals surface area contributed by atoms with E-state index < -0.39 is 43.2 Å². The van der Waals surface area contributed by atoms with Gasteiger partial charge in [0, 0.05) is 22.5 Å². The summed E-state index contributed by atoms with van der Waals surface area (Å²) in [6, 6.07) is 3.11. The second-order valence-electron chi connectivity index (χ2n) is 9.62. The third kappa shape index (κ3) is 8.71. The van der Waals surface area contributed by atoms with Crippen molar-refractivity contribution in [2.45, 2.75) is 81.7 Å². The highest BCUT2D eigenvalue weighted by atomic mass is 32.2. The molecule has 0 saturated carbocycles. The van der Waals surface area contributed by atoms with Gasteiger partial charge >= 0.3 is 0 Å². The lowest BCUT2D eigenvalue weighted by Crippen LogP contribution is -2.62. The number of carbonyl (C=O) groups excluding carboxylic acids is 1. The summed E-state index contributed by atoms with van der Waals surface area (Å²) in [6.07, 6.45) is -1.56. The molecule has 0 aromatic heterocycles. The van der Waals surface area contributed by atoms with Crippen molar-refractivity contribution in [2.24, 2.45) is 5.41 Å². The predicted molar refractivity (Wildman–Crippen MR) is 127 cm³/mol. The molecule has 0 spiro atoms. The minimum Gasteiger partial charge on any atom is -0.389 e. The number of ether oxygens (including phenoxy) is 2. The molecule has 1 aromatic carbocycles. The van der Waals surface area contributed by atoms with Crippen molar-refractivity contribution in [2.75, 3.05) is 26.6 Å². The van der Waals surface area contributed by atoms with Crippen LogP contribution in [0, 0.1) is 11.2 Å². The van der Waals surface area contributed by atoms with E-state index in [1.54, 1.807) is 6.92 Å². The van der Waals surface area contributed by atoms with Crippen LogP contribution in [0.15, 0.2) is 23.1 Å². The van der Waals surface area contributed by atoms with Gasteiger partial charge in [0.1, 0.15) is 5.82 Å². The molecule has 194 valence electrons. The van der Waals surface area contributed by atoms with E-state index in [1.807, 2.05) is 19.9 Å². The molecular formula is C24H37F3N2O4S. The lowest BCUT2D eigenvalue weighted by Gasteiger charge is -2.40. The molecule has 5 unspecified atom stereocenters. The number of nitrogens with one attached hydrogen (secondary N) is 2. The number of halogens is 3. The molecule has 0 radical (unpaired) electrons. The van der Waals surface area contributed by atoms with Crippen molar-refractivity contribution >= 4 is 17.7 Å². The number of aliphatic hydroxyl groups is 1. The molecule has 0 aliphatic carbocycles. The summed E-state index contributed by atoms with van der Waals surface area (Å²) < 4.78 is 51.7. The molecule has 1 fully saturated rings. The molecule has 2 rings (SSSR count). The fraction of sp³-hybridized carbons (Fsp3) is 0.708. The number of aliphatic hydroxyl groups excluding tert-OH is 1. The average Bonchev–Trinajstić information content (AvgIpc) is 2.76. The van der Waals surface area contributed by atoms with Gasteiger partial charge in [-0.3, -0.25) is 13.6 Å². The third-order valence-electron chi connectivity index (χ3n) is 5.54. The number of hydrogen-bond donors (Lipinski definition) is 3. The van der Waals surface area contributed by atoms with E-state index >= 15 is 0 Å². The second-order valence-corrected chi connectivity index (χ2v) is 11.3. The van der Waals surface area contributed by atoms with Crippen LogP contribution in [0.3, 0.4) is 0 Å². The van der Waals surface area contributed by atoms with E-state index in [0.29, 0.717) is 5.56 Å². The molecule has 1 aromatic rings. The van der Waals surface area contributed by atoms with Gasteiger partial charge in [-0.1, -0.05) is 20.8 Å². The third-order valence-corrected chi connectivity index (χ3v) is 6.52. The van der Waals surface area contributed by atoms with Crippen molar-refractivity contribution < 1.29 is 32.5 Å². The summed E-state index contributed by atoms with van der Waals surface area (Å²) >= 11 is 1.53. The van der Waals surface area contributed by atoms with E-state index in [9.17, 15) is 23.1 Å². The van der Waals surface area contributed by atoms with E-state index in [0.717, 1.165) is 4.90 Å². The second kappa shape index (κ2) is 13.1. The Morgan fingerprint density at radius 2 is 2.03 bits per heavy atom. The maximum atomic E-state index is 14.2. The number of alkyl halides is 2. The van der Waals surface area contributed by atoms with Crippen LogP contribution in [0.1, 0.15) is 40.2 Å². The Hall–Kier alpha value is -1.33. The molecule has 34 heavy (non-hydrogen) atoms. The first kappa shape index (κ1) is 28.9. The summed E-state index contributed by atoms with van der Waals surface area (Å²) in [7, 11) is 0. The number of thioether (sulfide) groups is 1. The van der Waals surface area contributed by atoms with E-state index in [2.05, 4.69) is 10.6 Å². The first-order valence-corrected chi connectivity index (χ1v) is 12.4. The van der Waals surface area contributed by atoms with Gasteiger partial charge in [0.05, 0.1) is 50.8 Å². The average molecular weight is 507 g/mol. The lowest BCUT2D eigenvalue weighted by molar-refractivity contribution is -0.205. The van der Waals surface area contributed by atoms with Gasteiger partial charge in [-0.05, 0) is 37.1 Å². The van der Waals surface area contributed by atoms with Crippen LogP contribution in [0.25, 0.3) is 0 Å². The first-order chi connectivity index (χ1) is 16.0. The number of amides is 1. The van der Waals surface area contributed by atoms with E-state index in [-0.39, 0.29) is 42.7 Å². The molecule has 1 aliphatic heterocycles. The van der Waals surface area contributed by atoms with Gasteiger partial charge in [-0.2, -0.15) is 0 Å². The highest BCUT2D eigenvalue weighted by molar-refractivity contribution is 7.99. The molecule has 3 N–H and O–H groups in total. The number of rotatable bonds is 12. The normalized spacial score (nSPS) is 23.1. The fourth-order valence-corrected chi connectivity index (χ4v) is 4.67. The maximum absolute atomic E-state index is 14.2. The van der Waals surface area contributed by atoms with E-state index in [4.69, 9.17) is 9.47 Å². The van der Waals surface area contributed by atoms with E-state index in [1.165, 1.54) is 37.7 Å². The SMILES string of the molecule is CC(=O)NC(Cc1cc(F)cc(SC(C)C)c1)C(O)C1COC(OCC(C)(CF)CF)C(C)N1. The van der Waals surface area contributed by atoms with Gasteiger partial charge in [0.2, 0.25) is 5.91 Å². The summed E-state index contributed by atoms with van der Waals surface area (Å²) in [5, 5.41) is 17.3. The lowest BCUT2D eigenvalue weighted by atomic mass is 9.95. The summed E-state index contributed by atoms with van der Waals surface area (Å²) in [5.41, 5.74) is -0.572.